The Morgan fingerprint density at radius 2 is 1.86 bits per heavy atom. The minimum atomic E-state index is -1.34. The fraction of sp³-hybridized carbons (Fsp3) is 0.750. The molecule has 0 aliphatic heterocycles. The first-order valence-electron chi connectivity index (χ1n) is 4.17. The first-order chi connectivity index (χ1) is 6.40. The van der Waals surface area contributed by atoms with Gasteiger partial charge in [-0.1, -0.05) is 0 Å². The maximum absolute atomic E-state index is 11.0. The van der Waals surface area contributed by atoms with Crippen molar-refractivity contribution in [2.24, 2.45) is 5.73 Å². The predicted molar refractivity (Wildman–Crippen MR) is 47.4 cm³/mol. The van der Waals surface area contributed by atoms with Gasteiger partial charge in [-0.05, 0) is 0 Å². The van der Waals surface area contributed by atoms with Crippen LogP contribution in [0.2, 0.25) is 0 Å². The molecule has 5 N–H and O–H groups in total. The average molecular weight is 205 g/mol. The number of ketones is 2. The van der Waals surface area contributed by atoms with Crippen molar-refractivity contribution in [3.8, 4) is 0 Å². The van der Waals surface area contributed by atoms with Gasteiger partial charge >= 0.3 is 0 Å². The summed E-state index contributed by atoms with van der Waals surface area (Å²) in [6.45, 7) is 0.523. The predicted octanol–water partition coefficient (Wildman–Crippen LogP) is -2.42. The molecule has 0 aromatic carbocycles. The lowest BCUT2D eigenvalue weighted by atomic mass is 10.00. The van der Waals surface area contributed by atoms with Crippen molar-refractivity contribution in [1.82, 2.24) is 0 Å². The molecule has 0 bridgehead atoms. The molecular formula is C8H15NO5. The van der Waals surface area contributed by atoms with E-state index in [1.807, 2.05) is 0 Å². The van der Waals surface area contributed by atoms with Gasteiger partial charge in [0.2, 0.25) is 5.78 Å². The van der Waals surface area contributed by atoms with Crippen molar-refractivity contribution in [2.45, 2.75) is 31.6 Å². The topological polar surface area (TPSA) is 121 Å². The molecular weight excluding hydrogens is 190 g/mol. The maximum Gasteiger partial charge on any atom is 0.217 e. The molecule has 0 aromatic heterocycles. The molecule has 0 radical (unpaired) electrons. The number of rotatable bonds is 6. The Balaban J connectivity index is 4.18. The summed E-state index contributed by atoms with van der Waals surface area (Å²) in [5.74, 6) is -1.63. The number of hydrogen-bond acceptors (Lipinski definition) is 6. The van der Waals surface area contributed by atoms with E-state index in [4.69, 9.17) is 15.9 Å². The highest BCUT2D eigenvalue weighted by Crippen LogP contribution is 2.02. The third kappa shape index (κ3) is 3.93. The molecule has 0 aliphatic rings. The Bertz CT molecular complexity index is 218. The molecule has 0 saturated heterocycles. The van der Waals surface area contributed by atoms with Gasteiger partial charge in [-0.2, -0.15) is 0 Å². The first kappa shape index (κ1) is 13.2. The largest absolute Gasteiger partial charge is 0.394 e. The van der Waals surface area contributed by atoms with Crippen molar-refractivity contribution in [1.29, 1.82) is 0 Å². The second-order valence-electron chi connectivity index (χ2n) is 3.09. The van der Waals surface area contributed by atoms with Gasteiger partial charge in [0.1, 0.15) is 0 Å². The molecule has 6 nitrogen and oxygen atoms in total. The van der Waals surface area contributed by atoms with Crippen LogP contribution < -0.4 is 5.73 Å². The van der Waals surface area contributed by atoms with E-state index in [2.05, 4.69) is 0 Å². The van der Waals surface area contributed by atoms with Crippen molar-refractivity contribution in [3.05, 3.63) is 0 Å². The Morgan fingerprint density at radius 1 is 1.36 bits per heavy atom. The van der Waals surface area contributed by atoms with E-state index in [1.54, 1.807) is 0 Å². The van der Waals surface area contributed by atoms with Crippen molar-refractivity contribution < 1.29 is 24.9 Å². The van der Waals surface area contributed by atoms with Crippen LogP contribution in [0.15, 0.2) is 0 Å². The Hall–Kier alpha value is -0.820. The smallest absolute Gasteiger partial charge is 0.217 e. The van der Waals surface area contributed by atoms with Gasteiger partial charge in [0.05, 0.1) is 24.9 Å². The number of aliphatic hydroxyl groups is 3. The van der Waals surface area contributed by atoms with Crippen LogP contribution in [-0.4, -0.2) is 51.7 Å². The van der Waals surface area contributed by atoms with Gasteiger partial charge in [-0.25, -0.2) is 0 Å². The van der Waals surface area contributed by atoms with Crippen LogP contribution in [0.25, 0.3) is 0 Å². The maximum atomic E-state index is 11.0. The van der Waals surface area contributed by atoms with Crippen LogP contribution in [0.5, 0.6) is 0 Å². The molecule has 3 atom stereocenters. The standard InChI is InChI=1S/C8H15NO5/c1-4(11)8(14)7(9)6(13)2-5(12)3-10/h5-7,10,12-13H,2-3,9H2,1H3/t5-,6-,7+/m0/s1. The van der Waals surface area contributed by atoms with Gasteiger partial charge in [0.15, 0.2) is 5.78 Å². The zero-order chi connectivity index (χ0) is 11.3. The van der Waals surface area contributed by atoms with E-state index in [0.717, 1.165) is 6.92 Å². The average Bonchev–Trinajstić information content (AvgIpc) is 2.14. The Labute approximate surface area is 81.3 Å². The summed E-state index contributed by atoms with van der Waals surface area (Å²) in [5.41, 5.74) is 5.25. The number of nitrogens with two attached hydrogens (primary N) is 1. The fourth-order valence-electron chi connectivity index (χ4n) is 0.909. The van der Waals surface area contributed by atoms with E-state index in [-0.39, 0.29) is 6.42 Å². The van der Waals surface area contributed by atoms with Crippen LogP contribution in [0.1, 0.15) is 13.3 Å². The zero-order valence-corrected chi connectivity index (χ0v) is 7.88. The highest BCUT2D eigenvalue weighted by Gasteiger charge is 2.27. The van der Waals surface area contributed by atoms with Gasteiger partial charge in [0.25, 0.3) is 0 Å². The lowest BCUT2D eigenvalue weighted by molar-refractivity contribution is -0.137. The summed E-state index contributed by atoms with van der Waals surface area (Å²) in [6.07, 6.45) is -2.71. The molecule has 0 heterocycles. The Kier molecular flexibility index (Phi) is 5.47. The van der Waals surface area contributed by atoms with E-state index in [9.17, 15) is 14.7 Å². The number of hydrogen-bond donors (Lipinski definition) is 4. The lowest BCUT2D eigenvalue weighted by Crippen LogP contribution is -2.46. The van der Waals surface area contributed by atoms with Crippen LogP contribution in [0, 0.1) is 0 Å². The third-order valence-corrected chi connectivity index (χ3v) is 1.79. The molecule has 6 heteroatoms. The molecule has 0 rings (SSSR count). The lowest BCUT2D eigenvalue weighted by Gasteiger charge is -2.18. The molecule has 0 amide bonds. The number of Topliss-reactive ketones (excluding diaryl/α,β-unsaturated/α-hetero) is 2. The summed E-state index contributed by atoms with van der Waals surface area (Å²) < 4.78 is 0. The normalized spacial score (nSPS) is 17.2. The van der Waals surface area contributed by atoms with Gasteiger partial charge in [-0.3, -0.25) is 9.59 Å². The van der Waals surface area contributed by atoms with E-state index >= 15 is 0 Å². The second kappa shape index (κ2) is 5.82. The molecule has 0 unspecified atom stereocenters. The summed E-state index contributed by atoms with van der Waals surface area (Å²) >= 11 is 0. The molecule has 0 aromatic rings. The van der Waals surface area contributed by atoms with Crippen LogP contribution in [-0.2, 0) is 9.59 Å². The van der Waals surface area contributed by atoms with Crippen molar-refractivity contribution in [3.63, 3.8) is 0 Å². The van der Waals surface area contributed by atoms with Gasteiger partial charge in [0, 0.05) is 13.3 Å². The van der Waals surface area contributed by atoms with Gasteiger partial charge in [-0.15, -0.1) is 0 Å². The monoisotopic (exact) mass is 205 g/mol. The summed E-state index contributed by atoms with van der Waals surface area (Å²) in [7, 11) is 0. The molecule has 82 valence electrons. The van der Waals surface area contributed by atoms with E-state index in [1.165, 1.54) is 0 Å². The quantitative estimate of drug-likeness (QED) is 0.358. The van der Waals surface area contributed by atoms with Crippen LogP contribution >= 0.6 is 0 Å². The fourth-order valence-corrected chi connectivity index (χ4v) is 0.909. The van der Waals surface area contributed by atoms with Crippen molar-refractivity contribution in [2.75, 3.05) is 6.61 Å². The SMILES string of the molecule is CC(=O)C(=O)[C@H](N)[C@@H](O)C[C@H](O)CO. The summed E-state index contributed by atoms with van der Waals surface area (Å²) in [4.78, 5) is 21.6. The minimum absolute atomic E-state index is 0.239. The number of aliphatic hydroxyl groups excluding tert-OH is 3. The van der Waals surface area contributed by atoms with Gasteiger partial charge < -0.3 is 21.1 Å². The molecule has 0 aliphatic carbocycles. The summed E-state index contributed by atoms with van der Waals surface area (Å²) in [6, 6.07) is -1.34. The molecule has 0 fully saturated rings. The third-order valence-electron chi connectivity index (χ3n) is 1.79. The van der Waals surface area contributed by atoms with Crippen molar-refractivity contribution >= 4 is 11.6 Å². The zero-order valence-electron chi connectivity index (χ0n) is 7.88. The summed E-state index contributed by atoms with van der Waals surface area (Å²) in [5, 5.41) is 26.7. The van der Waals surface area contributed by atoms with E-state index in [0.29, 0.717) is 0 Å². The van der Waals surface area contributed by atoms with Crippen LogP contribution in [0.3, 0.4) is 0 Å². The minimum Gasteiger partial charge on any atom is -0.394 e. The second-order valence-corrected chi connectivity index (χ2v) is 3.09. The highest BCUT2D eigenvalue weighted by molar-refractivity contribution is 6.38. The first-order valence-corrected chi connectivity index (χ1v) is 4.17. The highest BCUT2D eigenvalue weighted by atomic mass is 16.3. The Morgan fingerprint density at radius 3 is 2.21 bits per heavy atom. The molecule has 0 spiro atoms. The van der Waals surface area contributed by atoms with Crippen LogP contribution in [0.4, 0.5) is 0 Å². The molecule has 14 heavy (non-hydrogen) atoms. The number of carbonyl (C=O) groups excluding carboxylic acids is 2. The number of carbonyl (C=O) groups is 2. The molecule has 0 saturated carbocycles. The van der Waals surface area contributed by atoms with E-state index < -0.39 is 36.4 Å².